The molecule has 0 saturated heterocycles. The van der Waals surface area contributed by atoms with E-state index in [2.05, 4.69) is 15.5 Å². The van der Waals surface area contributed by atoms with E-state index in [4.69, 9.17) is 23.2 Å². The van der Waals surface area contributed by atoms with Crippen molar-refractivity contribution in [1.29, 1.82) is 0 Å². The molecule has 9 heteroatoms. The number of hydrogen-bond acceptors (Lipinski definition) is 5. The van der Waals surface area contributed by atoms with Gasteiger partial charge in [-0.2, -0.15) is 0 Å². The van der Waals surface area contributed by atoms with Crippen LogP contribution < -0.4 is 5.32 Å². The van der Waals surface area contributed by atoms with Gasteiger partial charge in [-0.25, -0.2) is 0 Å². The highest BCUT2D eigenvalue weighted by Gasteiger charge is 2.21. The summed E-state index contributed by atoms with van der Waals surface area (Å²) < 4.78 is 1.63. The molecule has 2 rings (SSSR count). The summed E-state index contributed by atoms with van der Waals surface area (Å²) in [4.78, 5) is 23.6. The maximum atomic E-state index is 12.0. The van der Waals surface area contributed by atoms with Gasteiger partial charge in [0.05, 0.1) is 21.8 Å². The Morgan fingerprint density at radius 1 is 1.35 bits per heavy atom. The van der Waals surface area contributed by atoms with Crippen molar-refractivity contribution in [3.05, 3.63) is 22.3 Å². The van der Waals surface area contributed by atoms with Crippen molar-refractivity contribution >= 4 is 52.3 Å². The Morgan fingerprint density at radius 2 is 2.04 bits per heavy atom. The standard InChI is InChI=1S/C14H16Cl2N4O2S/c1-7(2)12(8(3)21)17-11(22)6-23-14-19-18-13-10(16)4-9(15)5-20(13)14/h4-5,7,12H,6H2,1-3H3,(H,17,22). The smallest absolute Gasteiger partial charge is 0.231 e. The predicted octanol–water partition coefficient (Wildman–Crippen LogP) is 2.86. The van der Waals surface area contributed by atoms with Crippen LogP contribution in [0.2, 0.25) is 10.0 Å². The SMILES string of the molecule is CC(=O)C(NC(=O)CSc1nnc2c(Cl)cc(Cl)cn12)C(C)C. The minimum atomic E-state index is -0.484. The van der Waals surface area contributed by atoms with Crippen LogP contribution in [-0.4, -0.2) is 38.1 Å². The van der Waals surface area contributed by atoms with E-state index in [0.29, 0.717) is 20.8 Å². The Bertz CT molecular complexity index is 748. The van der Waals surface area contributed by atoms with Crippen LogP contribution in [0.15, 0.2) is 17.4 Å². The normalized spacial score (nSPS) is 12.6. The number of amides is 1. The van der Waals surface area contributed by atoms with Gasteiger partial charge in [-0.3, -0.25) is 14.0 Å². The van der Waals surface area contributed by atoms with Crippen molar-refractivity contribution in [3.8, 4) is 0 Å². The van der Waals surface area contributed by atoms with E-state index in [-0.39, 0.29) is 23.4 Å². The highest BCUT2D eigenvalue weighted by Crippen LogP contribution is 2.25. The van der Waals surface area contributed by atoms with Crippen LogP contribution in [0.5, 0.6) is 0 Å². The lowest BCUT2D eigenvalue weighted by molar-refractivity contribution is -0.126. The van der Waals surface area contributed by atoms with Gasteiger partial charge in [0, 0.05) is 6.20 Å². The first-order chi connectivity index (χ1) is 10.8. The fourth-order valence-corrected chi connectivity index (χ4v) is 3.31. The zero-order valence-corrected chi connectivity index (χ0v) is 15.2. The summed E-state index contributed by atoms with van der Waals surface area (Å²) >= 11 is 13.2. The van der Waals surface area contributed by atoms with E-state index < -0.39 is 6.04 Å². The van der Waals surface area contributed by atoms with Gasteiger partial charge in [-0.15, -0.1) is 10.2 Å². The summed E-state index contributed by atoms with van der Waals surface area (Å²) in [6.45, 7) is 5.24. The lowest BCUT2D eigenvalue weighted by Crippen LogP contribution is -2.44. The number of aromatic nitrogens is 3. The van der Waals surface area contributed by atoms with E-state index in [1.165, 1.54) is 18.7 Å². The number of carbonyl (C=O) groups excluding carboxylic acids is 2. The Hall–Kier alpha value is -1.31. The van der Waals surface area contributed by atoms with Crippen LogP contribution in [-0.2, 0) is 9.59 Å². The molecule has 0 saturated carbocycles. The van der Waals surface area contributed by atoms with Gasteiger partial charge < -0.3 is 5.32 Å². The number of nitrogens with one attached hydrogen (secondary N) is 1. The number of hydrogen-bond donors (Lipinski definition) is 1. The first-order valence-corrected chi connectivity index (χ1v) is 8.66. The summed E-state index contributed by atoms with van der Waals surface area (Å²) in [5, 5.41) is 12.0. The summed E-state index contributed by atoms with van der Waals surface area (Å²) in [6, 6.07) is 1.09. The largest absolute Gasteiger partial charge is 0.345 e. The van der Waals surface area contributed by atoms with Crippen molar-refractivity contribution in [2.75, 3.05) is 5.75 Å². The molecule has 0 aliphatic carbocycles. The fraction of sp³-hybridized carbons (Fsp3) is 0.429. The van der Waals surface area contributed by atoms with Crippen molar-refractivity contribution in [2.45, 2.75) is 32.0 Å². The van der Waals surface area contributed by atoms with E-state index in [1.807, 2.05) is 13.8 Å². The quantitative estimate of drug-likeness (QED) is 0.786. The third-order valence-electron chi connectivity index (χ3n) is 3.15. The molecule has 1 amide bonds. The zero-order chi connectivity index (χ0) is 17.1. The summed E-state index contributed by atoms with van der Waals surface area (Å²) in [5.74, 6) is -0.159. The number of carbonyl (C=O) groups is 2. The molecule has 2 heterocycles. The number of pyridine rings is 1. The first-order valence-electron chi connectivity index (χ1n) is 6.92. The maximum absolute atomic E-state index is 12.0. The van der Waals surface area contributed by atoms with Crippen LogP contribution in [0.3, 0.4) is 0 Å². The molecule has 1 unspecified atom stereocenters. The summed E-state index contributed by atoms with van der Waals surface area (Å²) in [7, 11) is 0. The van der Waals surface area contributed by atoms with Crippen molar-refractivity contribution in [1.82, 2.24) is 19.9 Å². The molecule has 23 heavy (non-hydrogen) atoms. The maximum Gasteiger partial charge on any atom is 0.231 e. The number of rotatable bonds is 6. The molecule has 0 aliphatic heterocycles. The predicted molar refractivity (Wildman–Crippen MR) is 91.2 cm³/mol. The second-order valence-corrected chi connectivity index (χ2v) is 7.16. The molecule has 6 nitrogen and oxygen atoms in total. The molecule has 124 valence electrons. The minimum Gasteiger partial charge on any atom is -0.345 e. The van der Waals surface area contributed by atoms with Gasteiger partial charge in [-0.1, -0.05) is 48.8 Å². The topological polar surface area (TPSA) is 76.4 Å². The fourth-order valence-electron chi connectivity index (χ4n) is 2.08. The van der Waals surface area contributed by atoms with E-state index in [9.17, 15) is 9.59 Å². The number of fused-ring (bicyclic) bond motifs is 1. The Morgan fingerprint density at radius 3 is 2.65 bits per heavy atom. The van der Waals surface area contributed by atoms with Gasteiger partial charge >= 0.3 is 0 Å². The van der Waals surface area contributed by atoms with Crippen molar-refractivity contribution < 1.29 is 9.59 Å². The third kappa shape index (κ3) is 4.37. The number of Topliss-reactive ketones (excluding diaryl/α,β-unsaturated/α-hetero) is 1. The number of nitrogens with zero attached hydrogens (tertiary/aromatic N) is 3. The average Bonchev–Trinajstić information content (AvgIpc) is 2.85. The molecule has 2 aromatic rings. The van der Waals surface area contributed by atoms with E-state index >= 15 is 0 Å². The molecule has 0 radical (unpaired) electrons. The van der Waals surface area contributed by atoms with E-state index in [0.717, 1.165) is 0 Å². The second kappa shape index (κ2) is 7.51. The minimum absolute atomic E-state index is 0.0352. The highest BCUT2D eigenvalue weighted by atomic mass is 35.5. The Balaban J connectivity index is 2.06. The lowest BCUT2D eigenvalue weighted by Gasteiger charge is -2.19. The van der Waals surface area contributed by atoms with E-state index in [1.54, 1.807) is 16.7 Å². The molecule has 0 aliphatic rings. The van der Waals surface area contributed by atoms with Gasteiger partial charge in [0.1, 0.15) is 0 Å². The monoisotopic (exact) mass is 374 g/mol. The number of thioether (sulfide) groups is 1. The Kier molecular flexibility index (Phi) is 5.89. The zero-order valence-electron chi connectivity index (χ0n) is 12.8. The number of ketones is 1. The van der Waals surface area contributed by atoms with Crippen molar-refractivity contribution in [3.63, 3.8) is 0 Å². The van der Waals surface area contributed by atoms with Crippen LogP contribution in [0, 0.1) is 5.92 Å². The van der Waals surface area contributed by atoms with Crippen LogP contribution >= 0.6 is 35.0 Å². The molecule has 0 spiro atoms. The first kappa shape index (κ1) is 18.0. The van der Waals surface area contributed by atoms with Crippen LogP contribution in [0.25, 0.3) is 5.65 Å². The molecule has 1 atom stereocenters. The van der Waals surface area contributed by atoms with Gasteiger partial charge in [0.2, 0.25) is 5.91 Å². The Labute approximate surface area is 147 Å². The lowest BCUT2D eigenvalue weighted by atomic mass is 10.0. The molecule has 0 fully saturated rings. The number of halogens is 2. The second-order valence-electron chi connectivity index (χ2n) is 5.37. The van der Waals surface area contributed by atoms with Gasteiger partial charge in [0.25, 0.3) is 0 Å². The third-order valence-corrected chi connectivity index (χ3v) is 4.58. The van der Waals surface area contributed by atoms with Gasteiger partial charge in [0.15, 0.2) is 16.6 Å². The molecule has 0 aromatic carbocycles. The molecular formula is C14H16Cl2N4O2S. The molecule has 2 aromatic heterocycles. The molecule has 1 N–H and O–H groups in total. The molecule has 0 bridgehead atoms. The van der Waals surface area contributed by atoms with Crippen molar-refractivity contribution in [2.24, 2.45) is 5.92 Å². The van der Waals surface area contributed by atoms with Crippen LogP contribution in [0.1, 0.15) is 20.8 Å². The summed E-state index contributed by atoms with van der Waals surface area (Å²) in [6.07, 6.45) is 1.63. The average molecular weight is 375 g/mol. The summed E-state index contributed by atoms with van der Waals surface area (Å²) in [5.41, 5.74) is 0.475. The van der Waals surface area contributed by atoms with Crippen LogP contribution in [0.4, 0.5) is 0 Å². The molecular weight excluding hydrogens is 359 g/mol. The highest BCUT2D eigenvalue weighted by molar-refractivity contribution is 7.99. The van der Waals surface area contributed by atoms with Gasteiger partial charge in [-0.05, 0) is 18.9 Å².